The Labute approximate surface area is 319 Å². The lowest BCUT2D eigenvalue weighted by Crippen LogP contribution is -2.32. The molecule has 0 saturated carbocycles. The lowest BCUT2D eigenvalue weighted by molar-refractivity contribution is 0.436. The monoisotopic (exact) mass is 705 g/mol. The van der Waals surface area contributed by atoms with Crippen molar-refractivity contribution >= 4 is 39.0 Å². The van der Waals surface area contributed by atoms with Crippen LogP contribution >= 0.6 is 0 Å². The molecule has 9 aromatic rings. The minimum absolute atomic E-state index is 0.103. The van der Waals surface area contributed by atoms with Gasteiger partial charge < -0.3 is 14.1 Å². The molecule has 0 N–H and O–H groups in total. The summed E-state index contributed by atoms with van der Waals surface area (Å²) in [6.07, 6.45) is 0. The molecule has 0 atom stereocenters. The summed E-state index contributed by atoms with van der Waals surface area (Å²) in [6.45, 7) is 4.69. The van der Waals surface area contributed by atoms with Crippen LogP contribution < -0.4 is 9.64 Å². The second-order valence-corrected chi connectivity index (χ2v) is 15.6. The second-order valence-electron chi connectivity index (χ2n) is 15.6. The van der Waals surface area contributed by atoms with Gasteiger partial charge in [0.2, 0.25) is 0 Å². The molecule has 3 aliphatic rings. The van der Waals surface area contributed by atoms with Gasteiger partial charge in [0.05, 0.1) is 5.41 Å². The van der Waals surface area contributed by atoms with Crippen LogP contribution in [-0.2, 0) is 10.8 Å². The molecule has 8 aromatic carbocycles. The molecule has 0 saturated heterocycles. The van der Waals surface area contributed by atoms with Gasteiger partial charge in [-0.2, -0.15) is 0 Å². The molecule has 3 nitrogen and oxygen atoms in total. The molecular formula is C52H35NO2. The van der Waals surface area contributed by atoms with Crippen LogP contribution in [0.25, 0.3) is 44.2 Å². The molecule has 1 aliphatic heterocycles. The van der Waals surface area contributed by atoms with Crippen molar-refractivity contribution in [1.29, 1.82) is 0 Å². The molecule has 0 radical (unpaired) electrons. The fourth-order valence-electron chi connectivity index (χ4n) is 10.2. The normalized spacial score (nSPS) is 14.8. The van der Waals surface area contributed by atoms with Crippen molar-refractivity contribution in [2.75, 3.05) is 4.90 Å². The topological polar surface area (TPSA) is 25.6 Å². The van der Waals surface area contributed by atoms with Crippen molar-refractivity contribution in [3.05, 3.63) is 209 Å². The Kier molecular flexibility index (Phi) is 6.05. The van der Waals surface area contributed by atoms with E-state index >= 15 is 0 Å². The maximum atomic E-state index is 6.98. The predicted octanol–water partition coefficient (Wildman–Crippen LogP) is 13.8. The van der Waals surface area contributed by atoms with E-state index in [9.17, 15) is 0 Å². The molecule has 1 spiro atoms. The fourth-order valence-corrected chi connectivity index (χ4v) is 10.2. The predicted molar refractivity (Wildman–Crippen MR) is 223 cm³/mol. The third-order valence-corrected chi connectivity index (χ3v) is 12.5. The van der Waals surface area contributed by atoms with Crippen molar-refractivity contribution < 1.29 is 9.15 Å². The van der Waals surface area contributed by atoms with Crippen molar-refractivity contribution in [3.63, 3.8) is 0 Å². The highest BCUT2D eigenvalue weighted by Gasteiger charge is 2.52. The van der Waals surface area contributed by atoms with E-state index in [0.717, 1.165) is 67.2 Å². The molecule has 3 heteroatoms. The minimum atomic E-state index is -0.541. The van der Waals surface area contributed by atoms with Gasteiger partial charge >= 0.3 is 0 Å². The summed E-state index contributed by atoms with van der Waals surface area (Å²) in [5, 5.41) is 2.20. The van der Waals surface area contributed by atoms with E-state index in [4.69, 9.17) is 9.15 Å². The Balaban J connectivity index is 1.08. The van der Waals surface area contributed by atoms with Crippen LogP contribution in [0.15, 0.2) is 180 Å². The summed E-state index contributed by atoms with van der Waals surface area (Å²) in [7, 11) is 0. The fraction of sp³-hybridized carbons (Fsp3) is 0.0769. The van der Waals surface area contributed by atoms with Crippen LogP contribution in [0.3, 0.4) is 0 Å². The smallest absolute Gasteiger partial charge is 0.143 e. The number of nitrogens with zero attached hydrogens (tertiary/aromatic N) is 1. The third kappa shape index (κ3) is 3.94. The minimum Gasteiger partial charge on any atom is -0.457 e. The SMILES string of the molecule is CC1(C)c2ccccc2-c2ccc(N(c3ccccc3)c3ccc4oc5c6c(ccc5c4c3)C3(c4ccccc4Oc4ccccc43)c3ccccc3-6)cc21. The van der Waals surface area contributed by atoms with Gasteiger partial charge in [-0.3, -0.25) is 0 Å². The Morgan fingerprint density at radius 2 is 1.02 bits per heavy atom. The number of rotatable bonds is 3. The molecule has 55 heavy (non-hydrogen) atoms. The highest BCUT2D eigenvalue weighted by atomic mass is 16.5. The molecule has 0 unspecified atom stereocenters. The zero-order valence-electron chi connectivity index (χ0n) is 30.5. The first-order chi connectivity index (χ1) is 27.0. The molecule has 12 rings (SSSR count). The van der Waals surface area contributed by atoms with Crippen molar-refractivity contribution in [2.24, 2.45) is 0 Å². The Bertz CT molecular complexity index is 3010. The van der Waals surface area contributed by atoms with Crippen LogP contribution in [-0.4, -0.2) is 0 Å². The van der Waals surface area contributed by atoms with Gasteiger partial charge in [0, 0.05) is 49.9 Å². The molecule has 2 aliphatic carbocycles. The number of hydrogen-bond acceptors (Lipinski definition) is 3. The van der Waals surface area contributed by atoms with Gasteiger partial charge in [0.25, 0.3) is 0 Å². The summed E-state index contributed by atoms with van der Waals surface area (Å²) in [5.74, 6) is 1.77. The maximum absolute atomic E-state index is 6.98. The van der Waals surface area contributed by atoms with Crippen LogP contribution in [0, 0.1) is 0 Å². The van der Waals surface area contributed by atoms with E-state index in [1.807, 2.05) is 0 Å². The zero-order valence-corrected chi connectivity index (χ0v) is 30.5. The average Bonchev–Trinajstić information content (AvgIpc) is 3.83. The van der Waals surface area contributed by atoms with Crippen LogP contribution in [0.5, 0.6) is 11.5 Å². The highest BCUT2D eigenvalue weighted by molar-refractivity contribution is 6.13. The van der Waals surface area contributed by atoms with E-state index in [2.05, 4.69) is 195 Å². The van der Waals surface area contributed by atoms with E-state index < -0.39 is 5.41 Å². The van der Waals surface area contributed by atoms with E-state index in [1.165, 1.54) is 38.9 Å². The number of fused-ring (bicyclic) bond motifs is 16. The lowest BCUT2D eigenvalue weighted by Gasteiger charge is -2.39. The number of para-hydroxylation sites is 3. The summed E-state index contributed by atoms with van der Waals surface area (Å²) < 4.78 is 13.5. The standard InChI is InChI=1S/C52H35NO2/c1-51(2)40-18-8-6-16-35(40)36-26-24-34(31-45(36)51)53(32-14-4-3-5-15-32)33-25-29-46-39(30-33)37-27-28-44-49(50(37)55-46)38-17-7-9-19-41(38)52(44)42-20-10-12-22-47(42)54-48-23-13-11-21-43(48)52/h3-31H,1-2H3. The molecule has 0 fully saturated rings. The molecule has 0 bridgehead atoms. The van der Waals surface area contributed by atoms with Gasteiger partial charge in [0.15, 0.2) is 0 Å². The van der Waals surface area contributed by atoms with Gasteiger partial charge in [-0.25, -0.2) is 0 Å². The highest BCUT2D eigenvalue weighted by Crippen LogP contribution is 2.63. The Hall–Kier alpha value is -6.84. The summed E-state index contributed by atoms with van der Waals surface area (Å²) >= 11 is 0. The van der Waals surface area contributed by atoms with Gasteiger partial charge in [-0.05, 0) is 93.5 Å². The second kappa shape index (κ2) is 10.9. The van der Waals surface area contributed by atoms with Crippen molar-refractivity contribution in [1.82, 2.24) is 0 Å². The van der Waals surface area contributed by atoms with E-state index in [-0.39, 0.29) is 5.41 Å². The van der Waals surface area contributed by atoms with E-state index in [0.29, 0.717) is 0 Å². The number of furan rings is 1. The number of anilines is 3. The van der Waals surface area contributed by atoms with Gasteiger partial charge in [-0.1, -0.05) is 135 Å². The van der Waals surface area contributed by atoms with Crippen LogP contribution in [0.4, 0.5) is 17.1 Å². The van der Waals surface area contributed by atoms with Crippen molar-refractivity contribution in [3.8, 4) is 33.8 Å². The van der Waals surface area contributed by atoms with E-state index in [1.54, 1.807) is 0 Å². The van der Waals surface area contributed by atoms with Gasteiger partial charge in [-0.15, -0.1) is 0 Å². The van der Waals surface area contributed by atoms with Crippen LogP contribution in [0.2, 0.25) is 0 Å². The first-order valence-electron chi connectivity index (χ1n) is 19.1. The lowest BCUT2D eigenvalue weighted by atomic mass is 9.66. The molecule has 2 heterocycles. The molecule has 1 aromatic heterocycles. The quantitative estimate of drug-likeness (QED) is 0.183. The average molecular weight is 706 g/mol. The summed E-state index contributed by atoms with van der Waals surface area (Å²) in [6, 6.07) is 63.6. The zero-order chi connectivity index (χ0) is 36.5. The Morgan fingerprint density at radius 3 is 1.78 bits per heavy atom. The molecular weight excluding hydrogens is 671 g/mol. The number of benzene rings is 8. The molecule has 0 amide bonds. The van der Waals surface area contributed by atoms with Crippen LogP contribution in [0.1, 0.15) is 47.2 Å². The van der Waals surface area contributed by atoms with Crippen molar-refractivity contribution in [2.45, 2.75) is 24.7 Å². The van der Waals surface area contributed by atoms with Gasteiger partial charge in [0.1, 0.15) is 22.7 Å². The molecule has 260 valence electrons. The first kappa shape index (κ1) is 30.6. The third-order valence-electron chi connectivity index (χ3n) is 12.5. The summed E-state index contributed by atoms with van der Waals surface area (Å²) in [5.41, 5.74) is 17.0. The first-order valence-corrected chi connectivity index (χ1v) is 19.1. The number of ether oxygens (including phenoxy) is 1. The number of hydrogen-bond donors (Lipinski definition) is 0. The maximum Gasteiger partial charge on any atom is 0.143 e. The Morgan fingerprint density at radius 1 is 0.418 bits per heavy atom. The largest absolute Gasteiger partial charge is 0.457 e. The summed E-state index contributed by atoms with van der Waals surface area (Å²) in [4.78, 5) is 2.38.